The quantitative estimate of drug-likeness (QED) is 0.756. The minimum Gasteiger partial charge on any atom is -0.352 e. The van der Waals surface area contributed by atoms with Crippen LogP contribution in [0.2, 0.25) is 0 Å². The molecule has 0 radical (unpaired) electrons. The van der Waals surface area contributed by atoms with E-state index in [4.69, 9.17) is 0 Å². The Morgan fingerprint density at radius 2 is 1.61 bits per heavy atom. The number of hydrogen-bond acceptors (Lipinski definition) is 2. The summed E-state index contributed by atoms with van der Waals surface area (Å²) in [5.74, 6) is -0.0627. The predicted molar refractivity (Wildman–Crippen MR) is 94.3 cm³/mol. The van der Waals surface area contributed by atoms with E-state index in [0.29, 0.717) is 24.9 Å². The SMILES string of the molecule is CC(C)(C)CC(C)(C)NC(=O)CCCNC(=O)c1ccccc1. The van der Waals surface area contributed by atoms with Gasteiger partial charge in [-0.05, 0) is 44.2 Å². The Balaban J connectivity index is 2.28. The summed E-state index contributed by atoms with van der Waals surface area (Å²) in [5.41, 5.74) is 0.589. The molecule has 0 fully saturated rings. The van der Waals surface area contributed by atoms with Gasteiger partial charge in [0.25, 0.3) is 5.91 Å². The fourth-order valence-corrected chi connectivity index (χ4v) is 2.95. The van der Waals surface area contributed by atoms with Gasteiger partial charge in [-0.3, -0.25) is 9.59 Å². The van der Waals surface area contributed by atoms with E-state index in [0.717, 1.165) is 6.42 Å². The molecular formula is C19H30N2O2. The second-order valence-electron chi connectivity index (χ2n) is 7.89. The molecule has 4 nitrogen and oxygen atoms in total. The lowest BCUT2D eigenvalue weighted by atomic mass is 9.82. The zero-order valence-electron chi connectivity index (χ0n) is 15.0. The molecule has 0 bridgehead atoms. The molecule has 0 unspecified atom stereocenters. The van der Waals surface area contributed by atoms with Gasteiger partial charge >= 0.3 is 0 Å². The highest BCUT2D eigenvalue weighted by molar-refractivity contribution is 5.94. The zero-order chi connectivity index (χ0) is 17.5. The predicted octanol–water partition coefficient (Wildman–Crippen LogP) is 3.53. The number of hydrogen-bond donors (Lipinski definition) is 2. The smallest absolute Gasteiger partial charge is 0.251 e. The number of carbonyl (C=O) groups excluding carboxylic acids is 2. The maximum Gasteiger partial charge on any atom is 0.251 e. The highest BCUT2D eigenvalue weighted by Gasteiger charge is 2.26. The Morgan fingerprint density at radius 3 is 2.17 bits per heavy atom. The van der Waals surface area contributed by atoms with Gasteiger partial charge in [0.1, 0.15) is 0 Å². The Labute approximate surface area is 140 Å². The molecule has 2 amide bonds. The number of amides is 2. The molecule has 0 saturated carbocycles. The minimum absolute atomic E-state index is 0.0354. The van der Waals surface area contributed by atoms with Crippen LogP contribution < -0.4 is 10.6 Å². The highest BCUT2D eigenvalue weighted by Crippen LogP contribution is 2.26. The van der Waals surface area contributed by atoms with E-state index < -0.39 is 0 Å². The third kappa shape index (κ3) is 8.38. The first kappa shape index (κ1) is 19.2. The van der Waals surface area contributed by atoms with E-state index in [1.165, 1.54) is 0 Å². The van der Waals surface area contributed by atoms with Crippen LogP contribution in [0.1, 0.15) is 64.2 Å². The van der Waals surface area contributed by atoms with Crippen LogP contribution in [0.25, 0.3) is 0 Å². The summed E-state index contributed by atoms with van der Waals surface area (Å²) >= 11 is 0. The second-order valence-corrected chi connectivity index (χ2v) is 7.89. The van der Waals surface area contributed by atoms with Crippen LogP contribution in [-0.4, -0.2) is 23.9 Å². The van der Waals surface area contributed by atoms with E-state index >= 15 is 0 Å². The Bertz CT molecular complexity index is 516. The Kier molecular flexibility index (Phi) is 6.79. The van der Waals surface area contributed by atoms with Gasteiger partial charge in [-0.2, -0.15) is 0 Å². The van der Waals surface area contributed by atoms with E-state index in [-0.39, 0.29) is 22.8 Å². The third-order valence-electron chi connectivity index (χ3n) is 3.35. The molecular weight excluding hydrogens is 288 g/mol. The largest absolute Gasteiger partial charge is 0.352 e. The molecule has 0 aliphatic heterocycles. The third-order valence-corrected chi connectivity index (χ3v) is 3.35. The number of nitrogens with one attached hydrogen (secondary N) is 2. The molecule has 0 aromatic heterocycles. The van der Waals surface area contributed by atoms with Gasteiger partial charge in [-0.1, -0.05) is 39.0 Å². The van der Waals surface area contributed by atoms with Crippen molar-refractivity contribution < 1.29 is 9.59 Å². The fraction of sp³-hybridized carbons (Fsp3) is 0.579. The number of benzene rings is 1. The molecule has 128 valence electrons. The van der Waals surface area contributed by atoms with Gasteiger partial charge in [-0.15, -0.1) is 0 Å². The summed E-state index contributed by atoms with van der Waals surface area (Å²) < 4.78 is 0. The van der Waals surface area contributed by atoms with E-state index in [2.05, 4.69) is 31.4 Å². The molecule has 0 aliphatic rings. The van der Waals surface area contributed by atoms with Crippen LogP contribution in [0, 0.1) is 5.41 Å². The van der Waals surface area contributed by atoms with Crippen molar-refractivity contribution >= 4 is 11.8 Å². The normalized spacial score (nSPS) is 11.9. The van der Waals surface area contributed by atoms with Crippen molar-refractivity contribution in [2.75, 3.05) is 6.54 Å². The average molecular weight is 318 g/mol. The van der Waals surface area contributed by atoms with Crippen molar-refractivity contribution in [3.05, 3.63) is 35.9 Å². The summed E-state index contributed by atoms with van der Waals surface area (Å²) in [6, 6.07) is 9.09. The molecule has 1 rings (SSSR count). The van der Waals surface area contributed by atoms with Crippen LogP contribution in [0.3, 0.4) is 0 Å². The van der Waals surface area contributed by atoms with Gasteiger partial charge in [0, 0.05) is 24.1 Å². The monoisotopic (exact) mass is 318 g/mol. The molecule has 0 saturated heterocycles. The van der Waals surface area contributed by atoms with Crippen LogP contribution in [0.5, 0.6) is 0 Å². The van der Waals surface area contributed by atoms with Crippen LogP contribution in [0.4, 0.5) is 0 Å². The summed E-state index contributed by atoms with van der Waals surface area (Å²) in [6.45, 7) is 11.1. The zero-order valence-corrected chi connectivity index (χ0v) is 15.0. The molecule has 4 heteroatoms. The van der Waals surface area contributed by atoms with E-state index in [9.17, 15) is 9.59 Å². The molecule has 1 aromatic rings. The number of carbonyl (C=O) groups is 2. The first-order valence-corrected chi connectivity index (χ1v) is 8.23. The van der Waals surface area contributed by atoms with E-state index in [1.54, 1.807) is 12.1 Å². The van der Waals surface area contributed by atoms with Gasteiger partial charge in [0.2, 0.25) is 5.91 Å². The standard InChI is InChI=1S/C19H30N2O2/c1-18(2,3)14-19(4,5)21-16(22)12-9-13-20-17(23)15-10-7-6-8-11-15/h6-8,10-11H,9,12-14H2,1-5H3,(H,20,23)(H,21,22). The lowest BCUT2D eigenvalue weighted by Gasteiger charge is -2.33. The van der Waals surface area contributed by atoms with Crippen LogP contribution >= 0.6 is 0 Å². The second kappa shape index (κ2) is 8.14. The molecule has 0 heterocycles. The maximum absolute atomic E-state index is 12.0. The van der Waals surface area contributed by atoms with E-state index in [1.807, 2.05) is 32.0 Å². The first-order chi connectivity index (χ1) is 10.6. The van der Waals surface area contributed by atoms with Crippen molar-refractivity contribution in [2.24, 2.45) is 5.41 Å². The molecule has 0 atom stereocenters. The summed E-state index contributed by atoms with van der Waals surface area (Å²) in [4.78, 5) is 23.9. The number of rotatable bonds is 7. The summed E-state index contributed by atoms with van der Waals surface area (Å²) in [6.07, 6.45) is 1.97. The van der Waals surface area contributed by atoms with Crippen LogP contribution in [-0.2, 0) is 4.79 Å². The van der Waals surface area contributed by atoms with Crippen molar-refractivity contribution in [1.29, 1.82) is 0 Å². The van der Waals surface area contributed by atoms with Crippen LogP contribution in [0.15, 0.2) is 30.3 Å². The molecule has 0 aliphatic carbocycles. The molecule has 2 N–H and O–H groups in total. The van der Waals surface area contributed by atoms with Gasteiger partial charge < -0.3 is 10.6 Å². The average Bonchev–Trinajstić information content (AvgIpc) is 2.41. The van der Waals surface area contributed by atoms with Gasteiger partial charge in [-0.25, -0.2) is 0 Å². The lowest BCUT2D eigenvalue weighted by molar-refractivity contribution is -0.123. The summed E-state index contributed by atoms with van der Waals surface area (Å²) in [7, 11) is 0. The van der Waals surface area contributed by atoms with Crippen molar-refractivity contribution in [2.45, 2.75) is 59.4 Å². The van der Waals surface area contributed by atoms with Crippen molar-refractivity contribution in [1.82, 2.24) is 10.6 Å². The summed E-state index contributed by atoms with van der Waals surface area (Å²) in [5, 5.41) is 5.92. The minimum atomic E-state index is -0.220. The molecule has 23 heavy (non-hydrogen) atoms. The Morgan fingerprint density at radius 1 is 1.00 bits per heavy atom. The topological polar surface area (TPSA) is 58.2 Å². The van der Waals surface area contributed by atoms with Crippen molar-refractivity contribution in [3.8, 4) is 0 Å². The fourth-order valence-electron chi connectivity index (χ4n) is 2.95. The van der Waals surface area contributed by atoms with Gasteiger partial charge in [0.15, 0.2) is 0 Å². The maximum atomic E-state index is 12.0. The highest BCUT2D eigenvalue weighted by atomic mass is 16.2. The molecule has 0 spiro atoms. The van der Waals surface area contributed by atoms with Crippen molar-refractivity contribution in [3.63, 3.8) is 0 Å². The molecule has 1 aromatic carbocycles. The lowest BCUT2D eigenvalue weighted by Crippen LogP contribution is -2.45. The van der Waals surface area contributed by atoms with Gasteiger partial charge in [0.05, 0.1) is 0 Å². The Hall–Kier alpha value is -1.84. The first-order valence-electron chi connectivity index (χ1n) is 8.23.